The quantitative estimate of drug-likeness (QED) is 0.838. The summed E-state index contributed by atoms with van der Waals surface area (Å²) in [5, 5.41) is 11.3. The number of nitrogens with zero attached hydrogens (tertiary/aromatic N) is 1. The molecule has 1 aromatic carbocycles. The fourth-order valence-corrected chi connectivity index (χ4v) is 1.47. The summed E-state index contributed by atoms with van der Waals surface area (Å²) in [4.78, 5) is 23.9. The molecule has 0 saturated heterocycles. The van der Waals surface area contributed by atoms with Crippen molar-refractivity contribution in [2.24, 2.45) is 0 Å². The fraction of sp³-hybridized carbons (Fsp3) is 0.429. The van der Waals surface area contributed by atoms with Crippen molar-refractivity contribution in [3.63, 3.8) is 0 Å². The van der Waals surface area contributed by atoms with Crippen LogP contribution in [0.1, 0.15) is 20.3 Å². The van der Waals surface area contributed by atoms with E-state index in [1.54, 1.807) is 36.2 Å². The minimum Gasteiger partial charge on any atom is -0.482 e. The highest BCUT2D eigenvalue weighted by Gasteiger charge is 2.13. The predicted molar refractivity (Wildman–Crippen MR) is 76.1 cm³/mol. The van der Waals surface area contributed by atoms with E-state index < -0.39 is 5.97 Å². The van der Waals surface area contributed by atoms with Crippen molar-refractivity contribution in [3.8, 4) is 5.75 Å². The minimum atomic E-state index is -1.03. The van der Waals surface area contributed by atoms with E-state index in [0.717, 1.165) is 6.42 Å². The molecule has 0 aromatic heterocycles. The van der Waals surface area contributed by atoms with Gasteiger partial charge < -0.3 is 20.1 Å². The number of aliphatic carboxylic acids is 1. The predicted octanol–water partition coefficient (Wildman–Crippen LogP) is 2.41. The number of benzene rings is 1. The molecule has 1 aromatic rings. The maximum absolute atomic E-state index is 11.9. The number of rotatable bonds is 6. The number of urea groups is 1. The van der Waals surface area contributed by atoms with Crippen LogP contribution in [0.5, 0.6) is 5.75 Å². The van der Waals surface area contributed by atoms with Crippen LogP contribution in [0.15, 0.2) is 24.3 Å². The molecule has 110 valence electrons. The molecule has 0 heterocycles. The maximum Gasteiger partial charge on any atom is 0.341 e. The molecular formula is C14H20N2O4. The van der Waals surface area contributed by atoms with Crippen molar-refractivity contribution in [2.45, 2.75) is 26.3 Å². The molecule has 0 radical (unpaired) electrons. The Balaban J connectivity index is 2.56. The van der Waals surface area contributed by atoms with E-state index >= 15 is 0 Å². The van der Waals surface area contributed by atoms with Gasteiger partial charge in [-0.25, -0.2) is 9.59 Å². The summed E-state index contributed by atoms with van der Waals surface area (Å²) >= 11 is 0. The molecule has 2 N–H and O–H groups in total. The van der Waals surface area contributed by atoms with Crippen LogP contribution in [0.2, 0.25) is 0 Å². The second kappa shape index (κ2) is 7.37. The Hall–Kier alpha value is -2.24. The first-order chi connectivity index (χ1) is 9.43. The van der Waals surface area contributed by atoms with Crippen molar-refractivity contribution in [1.82, 2.24) is 4.90 Å². The summed E-state index contributed by atoms with van der Waals surface area (Å²) in [5.74, 6) is -0.585. The lowest BCUT2D eigenvalue weighted by Crippen LogP contribution is -2.37. The van der Waals surface area contributed by atoms with Gasteiger partial charge in [0, 0.05) is 18.8 Å². The Morgan fingerprint density at radius 2 is 1.95 bits per heavy atom. The van der Waals surface area contributed by atoms with E-state index in [9.17, 15) is 9.59 Å². The number of carboxylic acid groups (broad SMARTS) is 1. The molecule has 20 heavy (non-hydrogen) atoms. The molecule has 0 fully saturated rings. The number of carbonyl (C=O) groups excluding carboxylic acids is 1. The first-order valence-corrected chi connectivity index (χ1v) is 6.42. The van der Waals surface area contributed by atoms with Crippen molar-refractivity contribution in [1.29, 1.82) is 0 Å². The topological polar surface area (TPSA) is 78.9 Å². The van der Waals surface area contributed by atoms with Gasteiger partial charge in [-0.1, -0.05) is 6.92 Å². The van der Waals surface area contributed by atoms with Gasteiger partial charge >= 0.3 is 12.0 Å². The molecule has 1 rings (SSSR count). The largest absolute Gasteiger partial charge is 0.482 e. The Labute approximate surface area is 118 Å². The van der Waals surface area contributed by atoms with Crippen molar-refractivity contribution in [3.05, 3.63) is 24.3 Å². The maximum atomic E-state index is 11.9. The van der Waals surface area contributed by atoms with Gasteiger partial charge in [-0.15, -0.1) is 0 Å². The zero-order valence-electron chi connectivity index (χ0n) is 11.9. The number of carbonyl (C=O) groups is 2. The molecule has 1 atom stereocenters. The molecule has 6 heteroatoms. The molecular weight excluding hydrogens is 260 g/mol. The van der Waals surface area contributed by atoms with Crippen LogP contribution in [0, 0.1) is 0 Å². The smallest absolute Gasteiger partial charge is 0.341 e. The van der Waals surface area contributed by atoms with Crippen LogP contribution in [-0.4, -0.2) is 41.7 Å². The molecule has 0 aliphatic heterocycles. The third-order valence-corrected chi connectivity index (χ3v) is 3.04. The van der Waals surface area contributed by atoms with Gasteiger partial charge in [-0.3, -0.25) is 0 Å². The fourth-order valence-electron chi connectivity index (χ4n) is 1.47. The van der Waals surface area contributed by atoms with Gasteiger partial charge in [0.25, 0.3) is 0 Å². The number of carboxylic acids is 1. The zero-order valence-corrected chi connectivity index (χ0v) is 11.9. The van der Waals surface area contributed by atoms with E-state index in [1.807, 2.05) is 13.8 Å². The van der Waals surface area contributed by atoms with E-state index in [0.29, 0.717) is 11.4 Å². The number of hydrogen-bond donors (Lipinski definition) is 2. The molecule has 0 bridgehead atoms. The van der Waals surface area contributed by atoms with Gasteiger partial charge in [0.2, 0.25) is 0 Å². The lowest BCUT2D eigenvalue weighted by molar-refractivity contribution is -0.139. The summed E-state index contributed by atoms with van der Waals surface area (Å²) in [5.41, 5.74) is 0.632. The molecule has 0 saturated carbocycles. The highest BCUT2D eigenvalue weighted by molar-refractivity contribution is 5.89. The molecule has 2 amide bonds. The molecule has 0 spiro atoms. The number of amides is 2. The Morgan fingerprint density at radius 1 is 1.35 bits per heavy atom. The van der Waals surface area contributed by atoms with Gasteiger partial charge in [0.05, 0.1) is 0 Å². The Kier molecular flexibility index (Phi) is 5.83. The van der Waals surface area contributed by atoms with Crippen LogP contribution in [0.25, 0.3) is 0 Å². The first kappa shape index (κ1) is 15.8. The number of hydrogen-bond acceptors (Lipinski definition) is 3. The average molecular weight is 280 g/mol. The van der Waals surface area contributed by atoms with Crippen molar-refractivity contribution >= 4 is 17.7 Å². The van der Waals surface area contributed by atoms with Gasteiger partial charge in [0.15, 0.2) is 6.61 Å². The average Bonchev–Trinajstić information content (AvgIpc) is 2.44. The highest BCUT2D eigenvalue weighted by atomic mass is 16.5. The molecule has 0 aliphatic rings. The van der Waals surface area contributed by atoms with E-state index in [-0.39, 0.29) is 18.7 Å². The lowest BCUT2D eigenvalue weighted by atomic mass is 10.2. The second-order valence-electron chi connectivity index (χ2n) is 4.51. The zero-order chi connectivity index (χ0) is 15.1. The summed E-state index contributed by atoms with van der Waals surface area (Å²) < 4.78 is 5.01. The van der Waals surface area contributed by atoms with E-state index in [1.165, 1.54) is 0 Å². The molecule has 6 nitrogen and oxygen atoms in total. The highest BCUT2D eigenvalue weighted by Crippen LogP contribution is 2.16. The summed E-state index contributed by atoms with van der Waals surface area (Å²) in [6.07, 6.45) is 0.881. The first-order valence-electron chi connectivity index (χ1n) is 6.42. The van der Waals surface area contributed by atoms with Gasteiger partial charge in [-0.2, -0.15) is 0 Å². The number of anilines is 1. The summed E-state index contributed by atoms with van der Waals surface area (Å²) in [6.45, 7) is 3.61. The Morgan fingerprint density at radius 3 is 2.45 bits per heavy atom. The molecule has 1 unspecified atom stereocenters. The number of nitrogens with one attached hydrogen (secondary N) is 1. The Bertz CT molecular complexity index is 459. The van der Waals surface area contributed by atoms with Crippen LogP contribution < -0.4 is 10.1 Å². The second-order valence-corrected chi connectivity index (χ2v) is 4.51. The summed E-state index contributed by atoms with van der Waals surface area (Å²) in [6, 6.07) is 6.54. The SMILES string of the molecule is CCC(C)N(C)C(=O)Nc1ccc(OCC(=O)O)cc1. The van der Waals surface area contributed by atoms with Gasteiger partial charge in [0.1, 0.15) is 5.75 Å². The normalized spacial score (nSPS) is 11.6. The van der Waals surface area contributed by atoms with Crippen LogP contribution in [0.3, 0.4) is 0 Å². The van der Waals surface area contributed by atoms with E-state index in [2.05, 4.69) is 5.32 Å². The van der Waals surface area contributed by atoms with Crippen molar-refractivity contribution in [2.75, 3.05) is 19.0 Å². The number of ether oxygens (including phenoxy) is 1. The van der Waals surface area contributed by atoms with Crippen LogP contribution in [-0.2, 0) is 4.79 Å². The van der Waals surface area contributed by atoms with Crippen molar-refractivity contribution < 1.29 is 19.4 Å². The minimum absolute atomic E-state index is 0.160. The van der Waals surface area contributed by atoms with Crippen LogP contribution in [0.4, 0.5) is 10.5 Å². The lowest BCUT2D eigenvalue weighted by Gasteiger charge is -2.24. The van der Waals surface area contributed by atoms with E-state index in [4.69, 9.17) is 9.84 Å². The monoisotopic (exact) mass is 280 g/mol. The van der Waals surface area contributed by atoms with Crippen LogP contribution >= 0.6 is 0 Å². The van der Waals surface area contributed by atoms with Gasteiger partial charge in [-0.05, 0) is 37.6 Å². The standard InChI is InChI=1S/C14H20N2O4/c1-4-10(2)16(3)14(19)15-11-5-7-12(8-6-11)20-9-13(17)18/h5-8,10H,4,9H2,1-3H3,(H,15,19)(H,17,18). The molecule has 0 aliphatic carbocycles. The third kappa shape index (κ3) is 4.79. The summed E-state index contributed by atoms with van der Waals surface area (Å²) in [7, 11) is 1.74. The third-order valence-electron chi connectivity index (χ3n) is 3.04.